The molecule has 0 bridgehead atoms. The highest BCUT2D eigenvalue weighted by Crippen LogP contribution is 2.23. The molecule has 0 fully saturated rings. The second-order valence-corrected chi connectivity index (χ2v) is 3.83. The molecule has 0 radical (unpaired) electrons. The van der Waals surface area contributed by atoms with Crippen LogP contribution in [-0.4, -0.2) is 21.8 Å². The van der Waals surface area contributed by atoms with E-state index in [1.54, 1.807) is 6.92 Å². The van der Waals surface area contributed by atoms with E-state index in [-0.39, 0.29) is 6.61 Å². The number of aryl methyl sites for hydroxylation is 1. The van der Waals surface area contributed by atoms with Crippen molar-refractivity contribution in [2.75, 3.05) is 6.61 Å². The summed E-state index contributed by atoms with van der Waals surface area (Å²) in [5.74, 6) is 0. The summed E-state index contributed by atoms with van der Waals surface area (Å²) in [6.07, 6.45) is 0.136. The van der Waals surface area contributed by atoms with E-state index in [2.05, 4.69) is 4.98 Å². The van der Waals surface area contributed by atoms with E-state index in [4.69, 9.17) is 5.11 Å². The highest BCUT2D eigenvalue weighted by atomic mass is 32.1. The second kappa shape index (κ2) is 3.98. The fraction of sp³-hybridized carbons (Fsp3) is 0.625. The van der Waals surface area contributed by atoms with Gasteiger partial charge < -0.3 is 10.2 Å². The van der Waals surface area contributed by atoms with Gasteiger partial charge in [-0.05, 0) is 13.8 Å². The molecule has 0 saturated carbocycles. The first-order valence-electron chi connectivity index (χ1n) is 3.90. The molecule has 4 heteroatoms. The van der Waals surface area contributed by atoms with Crippen molar-refractivity contribution in [2.45, 2.75) is 26.4 Å². The Balaban J connectivity index is 2.85. The summed E-state index contributed by atoms with van der Waals surface area (Å²) in [6, 6.07) is 0. The summed E-state index contributed by atoms with van der Waals surface area (Å²) < 4.78 is 0. The van der Waals surface area contributed by atoms with Crippen molar-refractivity contribution in [3.8, 4) is 0 Å². The van der Waals surface area contributed by atoms with Gasteiger partial charge in [-0.25, -0.2) is 4.98 Å². The van der Waals surface area contributed by atoms with E-state index in [9.17, 15) is 5.11 Å². The number of rotatable bonds is 3. The van der Waals surface area contributed by atoms with Crippen LogP contribution in [-0.2, 0) is 6.42 Å². The minimum absolute atomic E-state index is 0.141. The van der Waals surface area contributed by atoms with Crippen LogP contribution in [0.3, 0.4) is 0 Å². The lowest BCUT2D eigenvalue weighted by Crippen LogP contribution is -1.89. The van der Waals surface area contributed by atoms with Crippen molar-refractivity contribution in [1.29, 1.82) is 0 Å². The van der Waals surface area contributed by atoms with Crippen molar-refractivity contribution in [3.05, 3.63) is 15.6 Å². The lowest BCUT2D eigenvalue weighted by molar-refractivity contribution is 0.198. The van der Waals surface area contributed by atoms with Crippen molar-refractivity contribution in [2.24, 2.45) is 0 Å². The molecular formula is C8H13NO2S. The number of thiazole rings is 1. The summed E-state index contributed by atoms with van der Waals surface area (Å²) in [7, 11) is 0. The zero-order valence-electron chi connectivity index (χ0n) is 7.24. The van der Waals surface area contributed by atoms with E-state index in [0.717, 1.165) is 15.6 Å². The molecule has 0 aromatic carbocycles. The molecular weight excluding hydrogens is 174 g/mol. The highest BCUT2D eigenvalue weighted by molar-refractivity contribution is 7.11. The number of hydrogen-bond donors (Lipinski definition) is 2. The SMILES string of the molecule is Cc1nc(C(C)O)sc1CCO. The van der Waals surface area contributed by atoms with Gasteiger partial charge in [0.15, 0.2) is 0 Å². The van der Waals surface area contributed by atoms with Crippen molar-refractivity contribution < 1.29 is 10.2 Å². The lowest BCUT2D eigenvalue weighted by Gasteiger charge is -1.94. The van der Waals surface area contributed by atoms with Gasteiger partial charge in [-0.15, -0.1) is 11.3 Å². The third kappa shape index (κ3) is 2.03. The fourth-order valence-corrected chi connectivity index (χ4v) is 1.95. The highest BCUT2D eigenvalue weighted by Gasteiger charge is 2.10. The molecule has 1 aromatic heterocycles. The predicted molar refractivity (Wildman–Crippen MR) is 48.3 cm³/mol. The molecule has 0 aliphatic carbocycles. The number of aliphatic hydroxyl groups is 2. The number of hydrogen-bond acceptors (Lipinski definition) is 4. The van der Waals surface area contributed by atoms with Gasteiger partial charge >= 0.3 is 0 Å². The maximum absolute atomic E-state index is 9.22. The smallest absolute Gasteiger partial charge is 0.121 e. The van der Waals surface area contributed by atoms with E-state index in [0.29, 0.717) is 6.42 Å². The van der Waals surface area contributed by atoms with Gasteiger partial charge in [0.05, 0.1) is 5.69 Å². The van der Waals surface area contributed by atoms with Crippen LogP contribution in [0.25, 0.3) is 0 Å². The van der Waals surface area contributed by atoms with Crippen LogP contribution in [0.4, 0.5) is 0 Å². The van der Waals surface area contributed by atoms with Crippen LogP contribution in [0.15, 0.2) is 0 Å². The number of nitrogens with zero attached hydrogens (tertiary/aromatic N) is 1. The average Bonchev–Trinajstić information content (AvgIpc) is 2.34. The quantitative estimate of drug-likeness (QED) is 0.743. The largest absolute Gasteiger partial charge is 0.396 e. The Bertz CT molecular complexity index is 258. The Morgan fingerprint density at radius 2 is 2.25 bits per heavy atom. The van der Waals surface area contributed by atoms with Gasteiger partial charge in [0.25, 0.3) is 0 Å². The lowest BCUT2D eigenvalue weighted by atomic mass is 10.3. The second-order valence-electron chi connectivity index (χ2n) is 2.71. The summed E-state index contributed by atoms with van der Waals surface area (Å²) in [6.45, 7) is 3.73. The summed E-state index contributed by atoms with van der Waals surface area (Å²) in [5, 5.41) is 18.7. The molecule has 1 aromatic rings. The molecule has 0 amide bonds. The third-order valence-corrected chi connectivity index (χ3v) is 2.99. The first-order chi connectivity index (χ1) is 5.65. The summed E-state index contributed by atoms with van der Waals surface area (Å²) in [5.41, 5.74) is 0.921. The molecule has 1 rings (SSSR count). The van der Waals surface area contributed by atoms with E-state index in [1.165, 1.54) is 11.3 Å². The molecule has 1 unspecified atom stereocenters. The molecule has 1 heterocycles. The molecule has 68 valence electrons. The minimum atomic E-state index is -0.499. The van der Waals surface area contributed by atoms with Crippen molar-refractivity contribution >= 4 is 11.3 Å². The van der Waals surface area contributed by atoms with Crippen LogP contribution in [0, 0.1) is 6.92 Å². The van der Waals surface area contributed by atoms with Gasteiger partial charge in [-0.1, -0.05) is 0 Å². The molecule has 0 aliphatic heterocycles. The zero-order valence-corrected chi connectivity index (χ0v) is 8.06. The maximum Gasteiger partial charge on any atom is 0.121 e. The molecule has 0 saturated heterocycles. The van der Waals surface area contributed by atoms with Crippen LogP contribution in [0.2, 0.25) is 0 Å². The summed E-state index contributed by atoms with van der Waals surface area (Å²) in [4.78, 5) is 5.25. The van der Waals surface area contributed by atoms with E-state index in [1.807, 2.05) is 6.92 Å². The molecule has 12 heavy (non-hydrogen) atoms. The number of aliphatic hydroxyl groups excluding tert-OH is 2. The van der Waals surface area contributed by atoms with Gasteiger partial charge in [0.2, 0.25) is 0 Å². The van der Waals surface area contributed by atoms with Gasteiger partial charge in [-0.2, -0.15) is 0 Å². The summed E-state index contributed by atoms with van der Waals surface area (Å²) >= 11 is 1.47. The number of aromatic nitrogens is 1. The monoisotopic (exact) mass is 187 g/mol. The van der Waals surface area contributed by atoms with E-state index >= 15 is 0 Å². The van der Waals surface area contributed by atoms with Crippen molar-refractivity contribution in [3.63, 3.8) is 0 Å². The van der Waals surface area contributed by atoms with Crippen LogP contribution in [0.5, 0.6) is 0 Å². The molecule has 1 atom stereocenters. The average molecular weight is 187 g/mol. The Labute approximate surface area is 75.7 Å². The van der Waals surface area contributed by atoms with Gasteiger partial charge in [-0.3, -0.25) is 0 Å². The van der Waals surface area contributed by atoms with Crippen LogP contribution in [0.1, 0.15) is 28.6 Å². The van der Waals surface area contributed by atoms with Crippen LogP contribution >= 0.6 is 11.3 Å². The molecule has 0 aliphatic rings. The first kappa shape index (κ1) is 9.64. The maximum atomic E-state index is 9.22. The third-order valence-electron chi connectivity index (χ3n) is 1.61. The Kier molecular flexibility index (Phi) is 3.20. The van der Waals surface area contributed by atoms with Gasteiger partial charge in [0.1, 0.15) is 11.1 Å². The topological polar surface area (TPSA) is 53.4 Å². The Hall–Kier alpha value is -0.450. The zero-order chi connectivity index (χ0) is 9.14. The molecule has 0 spiro atoms. The van der Waals surface area contributed by atoms with Crippen LogP contribution < -0.4 is 0 Å². The molecule has 2 N–H and O–H groups in total. The van der Waals surface area contributed by atoms with Gasteiger partial charge in [0, 0.05) is 17.9 Å². The fourth-order valence-electron chi connectivity index (χ4n) is 0.963. The first-order valence-corrected chi connectivity index (χ1v) is 4.72. The van der Waals surface area contributed by atoms with E-state index < -0.39 is 6.10 Å². The molecule has 3 nitrogen and oxygen atoms in total. The predicted octanol–water partition coefficient (Wildman–Crippen LogP) is 1.04. The Morgan fingerprint density at radius 3 is 2.67 bits per heavy atom. The van der Waals surface area contributed by atoms with Crippen molar-refractivity contribution in [1.82, 2.24) is 4.98 Å². The Morgan fingerprint density at radius 1 is 1.58 bits per heavy atom. The standard InChI is InChI=1S/C8H13NO2S/c1-5-7(3-4-10)12-8(9-5)6(2)11/h6,10-11H,3-4H2,1-2H3. The minimum Gasteiger partial charge on any atom is -0.396 e. The normalized spacial score (nSPS) is 13.3.